The third kappa shape index (κ3) is 3.55. The van der Waals surface area contributed by atoms with E-state index >= 15 is 0 Å². The average Bonchev–Trinajstić information content (AvgIpc) is 4.01. The first-order chi connectivity index (χ1) is 26.3. The number of hydrogen-bond donors (Lipinski definition) is 0. The van der Waals surface area contributed by atoms with Gasteiger partial charge < -0.3 is 22.2 Å². The van der Waals surface area contributed by atoms with Crippen molar-refractivity contribution in [2.24, 2.45) is 0 Å². The standard InChI is InChI=1S/C48H25NO4/c1-4-13-36-28(9-1)34-24-35-29-10-2-5-15-39(29)51-44(35)25-38(34)49(36)37-14-8-18-42-46(37)33-22-21-31-30-20-19-26(23-43(30)53-47(31)48(33)52-42)27-12-7-17-41-45(27)32-11-3-6-16-40(32)50-41/h1-25H. The molecule has 53 heavy (non-hydrogen) atoms. The Morgan fingerprint density at radius 1 is 0.321 bits per heavy atom. The van der Waals surface area contributed by atoms with Crippen molar-refractivity contribution >= 4 is 110 Å². The average molecular weight is 680 g/mol. The van der Waals surface area contributed by atoms with Gasteiger partial charge in [0.05, 0.1) is 22.1 Å². The molecule has 13 rings (SSSR count). The van der Waals surface area contributed by atoms with Crippen molar-refractivity contribution in [3.8, 4) is 16.8 Å². The zero-order valence-electron chi connectivity index (χ0n) is 28.0. The molecule has 0 aliphatic heterocycles. The van der Waals surface area contributed by atoms with E-state index in [2.05, 4.69) is 120 Å². The van der Waals surface area contributed by atoms with Gasteiger partial charge in [-0.1, -0.05) is 78.9 Å². The second kappa shape index (κ2) is 9.75. The van der Waals surface area contributed by atoms with Gasteiger partial charge in [-0.3, -0.25) is 0 Å². The van der Waals surface area contributed by atoms with E-state index in [1.165, 1.54) is 10.8 Å². The van der Waals surface area contributed by atoms with Crippen molar-refractivity contribution < 1.29 is 17.7 Å². The van der Waals surface area contributed by atoms with Crippen LogP contribution >= 0.6 is 0 Å². The van der Waals surface area contributed by atoms with Crippen molar-refractivity contribution in [3.63, 3.8) is 0 Å². The van der Waals surface area contributed by atoms with Gasteiger partial charge in [0.1, 0.15) is 33.5 Å². The van der Waals surface area contributed by atoms with Crippen LogP contribution in [-0.2, 0) is 0 Å². The Labute approximate surface area is 299 Å². The Morgan fingerprint density at radius 2 is 0.943 bits per heavy atom. The van der Waals surface area contributed by atoms with E-state index in [0.717, 1.165) is 116 Å². The Morgan fingerprint density at radius 3 is 1.85 bits per heavy atom. The summed E-state index contributed by atoms with van der Waals surface area (Å²) in [6, 6.07) is 52.9. The van der Waals surface area contributed by atoms with Crippen LogP contribution in [0.2, 0.25) is 0 Å². The molecule has 8 aromatic carbocycles. The molecular weight excluding hydrogens is 655 g/mol. The first kappa shape index (κ1) is 27.5. The van der Waals surface area contributed by atoms with Gasteiger partial charge >= 0.3 is 0 Å². The topological polar surface area (TPSA) is 57.5 Å². The number of benzene rings is 8. The summed E-state index contributed by atoms with van der Waals surface area (Å²) in [5, 5.41) is 10.9. The fourth-order valence-corrected chi connectivity index (χ4v) is 8.91. The zero-order chi connectivity index (χ0) is 34.4. The summed E-state index contributed by atoms with van der Waals surface area (Å²) in [4.78, 5) is 0. The van der Waals surface area contributed by atoms with Crippen LogP contribution in [0.4, 0.5) is 0 Å². The van der Waals surface area contributed by atoms with E-state index in [-0.39, 0.29) is 0 Å². The summed E-state index contributed by atoms with van der Waals surface area (Å²) in [5.41, 5.74) is 12.1. The summed E-state index contributed by atoms with van der Waals surface area (Å²) < 4.78 is 28.4. The van der Waals surface area contributed by atoms with Crippen molar-refractivity contribution in [3.05, 3.63) is 152 Å². The molecule has 0 unspecified atom stereocenters. The zero-order valence-corrected chi connectivity index (χ0v) is 28.0. The number of aromatic nitrogens is 1. The lowest BCUT2D eigenvalue weighted by molar-refractivity contribution is 0.633. The second-order valence-corrected chi connectivity index (χ2v) is 14.0. The lowest BCUT2D eigenvalue weighted by Gasteiger charge is -2.09. The van der Waals surface area contributed by atoms with Gasteiger partial charge in [-0.05, 0) is 77.9 Å². The van der Waals surface area contributed by atoms with Gasteiger partial charge in [-0.25, -0.2) is 0 Å². The smallest absolute Gasteiger partial charge is 0.178 e. The molecule has 5 aromatic heterocycles. The second-order valence-electron chi connectivity index (χ2n) is 14.0. The largest absolute Gasteiger partial charge is 0.456 e. The quantitative estimate of drug-likeness (QED) is 0.182. The van der Waals surface area contributed by atoms with Gasteiger partial charge in [0.2, 0.25) is 0 Å². The van der Waals surface area contributed by atoms with Crippen molar-refractivity contribution in [1.29, 1.82) is 0 Å². The van der Waals surface area contributed by atoms with Gasteiger partial charge in [0, 0.05) is 54.5 Å². The first-order valence-electron chi connectivity index (χ1n) is 17.8. The minimum Gasteiger partial charge on any atom is -0.456 e. The van der Waals surface area contributed by atoms with Crippen LogP contribution in [0, 0.1) is 0 Å². The maximum absolute atomic E-state index is 6.75. The molecule has 0 radical (unpaired) electrons. The van der Waals surface area contributed by atoms with E-state index in [1.54, 1.807) is 0 Å². The summed E-state index contributed by atoms with van der Waals surface area (Å²) in [7, 11) is 0. The molecule has 0 aliphatic carbocycles. The molecule has 0 amide bonds. The minimum absolute atomic E-state index is 0.742. The third-order valence-corrected chi connectivity index (χ3v) is 11.2. The highest BCUT2D eigenvalue weighted by Gasteiger charge is 2.22. The molecular formula is C48H25NO4. The van der Waals surface area contributed by atoms with E-state index in [9.17, 15) is 0 Å². The van der Waals surface area contributed by atoms with Gasteiger partial charge in [-0.15, -0.1) is 0 Å². The van der Waals surface area contributed by atoms with E-state index < -0.39 is 0 Å². The SMILES string of the molecule is c1ccc2c(c1)oc1cc3c(cc12)c1ccccc1n3-c1cccc2oc3c(ccc4c5ccc(-c6cccc7oc8ccccc8c67)cc5oc43)c12. The molecule has 5 heteroatoms. The fourth-order valence-electron chi connectivity index (χ4n) is 8.91. The Hall–Kier alpha value is -7.24. The molecule has 13 aromatic rings. The van der Waals surface area contributed by atoms with Crippen LogP contribution in [0.1, 0.15) is 0 Å². The predicted octanol–water partition coefficient (Wildman–Crippen LogP) is 14.0. The van der Waals surface area contributed by atoms with Crippen LogP contribution in [0.25, 0.3) is 126 Å². The summed E-state index contributed by atoms with van der Waals surface area (Å²) >= 11 is 0. The molecule has 0 aliphatic rings. The molecule has 0 bridgehead atoms. The third-order valence-electron chi connectivity index (χ3n) is 11.2. The maximum atomic E-state index is 6.75. The van der Waals surface area contributed by atoms with Gasteiger partial charge in [0.25, 0.3) is 0 Å². The number of fused-ring (bicyclic) bond motifs is 16. The molecule has 246 valence electrons. The van der Waals surface area contributed by atoms with E-state index in [1.807, 2.05) is 36.4 Å². The lowest BCUT2D eigenvalue weighted by atomic mass is 9.98. The van der Waals surface area contributed by atoms with E-state index in [4.69, 9.17) is 17.7 Å². The van der Waals surface area contributed by atoms with E-state index in [0.29, 0.717) is 0 Å². The first-order valence-corrected chi connectivity index (χ1v) is 17.8. The highest BCUT2D eigenvalue weighted by atomic mass is 16.4. The monoisotopic (exact) mass is 679 g/mol. The number of hydrogen-bond acceptors (Lipinski definition) is 4. The Bertz CT molecular complexity index is 3700. The molecule has 5 heterocycles. The molecule has 0 N–H and O–H groups in total. The highest BCUT2D eigenvalue weighted by molar-refractivity contribution is 6.23. The van der Waals surface area contributed by atoms with Crippen molar-refractivity contribution in [2.75, 3.05) is 0 Å². The number of rotatable bonds is 2. The Kier molecular flexibility index (Phi) is 5.06. The predicted molar refractivity (Wildman–Crippen MR) is 215 cm³/mol. The van der Waals surface area contributed by atoms with Crippen LogP contribution in [0.5, 0.6) is 0 Å². The lowest BCUT2D eigenvalue weighted by Crippen LogP contribution is -1.94. The van der Waals surface area contributed by atoms with Gasteiger partial charge in [0.15, 0.2) is 11.2 Å². The molecule has 0 atom stereocenters. The van der Waals surface area contributed by atoms with Crippen LogP contribution in [-0.4, -0.2) is 4.57 Å². The minimum atomic E-state index is 0.742. The summed E-state index contributed by atoms with van der Waals surface area (Å²) in [5.74, 6) is 0. The molecule has 5 nitrogen and oxygen atoms in total. The fraction of sp³-hybridized carbons (Fsp3) is 0. The Balaban J connectivity index is 1.05. The number of para-hydroxylation sites is 3. The van der Waals surface area contributed by atoms with Crippen LogP contribution in [0.15, 0.2) is 169 Å². The van der Waals surface area contributed by atoms with Crippen LogP contribution < -0.4 is 0 Å². The highest BCUT2D eigenvalue weighted by Crippen LogP contribution is 2.45. The molecule has 0 saturated heterocycles. The molecule has 0 fully saturated rings. The summed E-state index contributed by atoms with van der Waals surface area (Å²) in [6.45, 7) is 0. The number of nitrogens with zero attached hydrogens (tertiary/aromatic N) is 1. The molecule has 0 saturated carbocycles. The van der Waals surface area contributed by atoms with Crippen LogP contribution in [0.3, 0.4) is 0 Å². The van der Waals surface area contributed by atoms with Crippen molar-refractivity contribution in [1.82, 2.24) is 4.57 Å². The van der Waals surface area contributed by atoms with Crippen molar-refractivity contribution in [2.45, 2.75) is 0 Å². The van der Waals surface area contributed by atoms with Gasteiger partial charge in [-0.2, -0.15) is 0 Å². The number of furan rings is 4. The maximum Gasteiger partial charge on any atom is 0.178 e. The normalized spacial score (nSPS) is 12.5. The molecule has 0 spiro atoms. The summed E-state index contributed by atoms with van der Waals surface area (Å²) in [6.07, 6.45) is 0.